The van der Waals surface area contributed by atoms with Crippen molar-refractivity contribution in [2.45, 2.75) is 44.1 Å². The highest BCUT2D eigenvalue weighted by Crippen LogP contribution is 2.47. The van der Waals surface area contributed by atoms with Crippen molar-refractivity contribution in [2.24, 2.45) is 10.8 Å². The Morgan fingerprint density at radius 1 is 1.11 bits per heavy atom. The van der Waals surface area contributed by atoms with Gasteiger partial charge in [-0.1, -0.05) is 30.3 Å². The zero-order valence-electron chi connectivity index (χ0n) is 20.9. The van der Waals surface area contributed by atoms with Crippen molar-refractivity contribution in [3.63, 3.8) is 0 Å². The minimum Gasteiger partial charge on any atom is -0.491 e. The Morgan fingerprint density at radius 3 is 2.47 bits per heavy atom. The number of carbonyl (C=O) groups excluding carboxylic acids is 1. The number of carbonyl (C=O) groups is 2. The van der Waals surface area contributed by atoms with E-state index >= 15 is 0 Å². The van der Waals surface area contributed by atoms with Crippen LogP contribution in [0.25, 0.3) is 0 Å². The number of benzene rings is 1. The highest BCUT2D eigenvalue weighted by atomic mass is 16.5. The third-order valence-corrected chi connectivity index (χ3v) is 8.25. The number of nitrogens with zero attached hydrogens (tertiary/aromatic N) is 2. The Hall–Kier alpha value is -2.97. The molecule has 36 heavy (non-hydrogen) atoms. The molecule has 0 bridgehead atoms. The van der Waals surface area contributed by atoms with Gasteiger partial charge in [0.05, 0.1) is 18.2 Å². The molecule has 192 valence electrons. The van der Waals surface area contributed by atoms with Crippen LogP contribution in [0.2, 0.25) is 0 Å². The Kier molecular flexibility index (Phi) is 6.99. The Balaban J connectivity index is 1.21. The Morgan fingerprint density at radius 2 is 1.86 bits per heavy atom. The van der Waals surface area contributed by atoms with E-state index in [1.165, 1.54) is 5.56 Å². The first-order chi connectivity index (χ1) is 17.4. The molecule has 2 aromatic rings. The third-order valence-electron chi connectivity index (χ3n) is 8.25. The number of hydrogen-bond donors (Lipinski definition) is 3. The van der Waals surface area contributed by atoms with Crippen LogP contribution >= 0.6 is 0 Å². The molecule has 0 spiro atoms. The van der Waals surface area contributed by atoms with Crippen molar-refractivity contribution in [1.29, 1.82) is 0 Å². The first-order valence-electron chi connectivity index (χ1n) is 13.0. The van der Waals surface area contributed by atoms with E-state index in [-0.39, 0.29) is 11.3 Å². The molecule has 2 saturated carbocycles. The van der Waals surface area contributed by atoms with Gasteiger partial charge < -0.3 is 25.4 Å². The van der Waals surface area contributed by atoms with Gasteiger partial charge in [0.2, 0.25) is 0 Å². The fourth-order valence-electron chi connectivity index (χ4n) is 5.38. The molecule has 3 aliphatic rings. The highest BCUT2D eigenvalue weighted by Gasteiger charge is 2.52. The molecule has 1 amide bonds. The first kappa shape index (κ1) is 24.7. The van der Waals surface area contributed by atoms with Crippen molar-refractivity contribution in [3.05, 3.63) is 59.9 Å². The number of piperidine rings is 1. The summed E-state index contributed by atoms with van der Waals surface area (Å²) < 4.78 is 6.22. The molecule has 5 rings (SSSR count). The number of nitrogens with one attached hydrogen (secondary N) is 2. The predicted molar refractivity (Wildman–Crippen MR) is 136 cm³/mol. The second-order valence-corrected chi connectivity index (χ2v) is 10.8. The highest BCUT2D eigenvalue weighted by molar-refractivity contribution is 5.91. The summed E-state index contributed by atoms with van der Waals surface area (Å²) in [6.07, 6.45) is 6.23. The lowest BCUT2D eigenvalue weighted by Crippen LogP contribution is -2.50. The van der Waals surface area contributed by atoms with Gasteiger partial charge in [0.25, 0.3) is 5.91 Å². The zero-order chi connectivity index (χ0) is 25.2. The molecule has 8 heteroatoms. The second-order valence-electron chi connectivity index (χ2n) is 10.8. The summed E-state index contributed by atoms with van der Waals surface area (Å²) in [6.45, 7) is 3.82. The van der Waals surface area contributed by atoms with E-state index in [2.05, 4.69) is 50.8 Å². The van der Waals surface area contributed by atoms with Crippen molar-refractivity contribution >= 4 is 11.9 Å². The van der Waals surface area contributed by atoms with Crippen LogP contribution in [-0.4, -0.2) is 72.7 Å². The van der Waals surface area contributed by atoms with Gasteiger partial charge in [0.1, 0.15) is 11.4 Å². The molecule has 1 saturated heterocycles. The van der Waals surface area contributed by atoms with Crippen molar-refractivity contribution < 1.29 is 19.4 Å². The summed E-state index contributed by atoms with van der Waals surface area (Å²) in [7, 11) is 1.58. The fraction of sp³-hybridized carbons (Fsp3) is 0.536. The third kappa shape index (κ3) is 5.55. The quantitative estimate of drug-likeness (QED) is 0.443. The topological polar surface area (TPSA) is 104 Å². The normalized spacial score (nSPS) is 24.0. The number of likely N-dealkylation sites (tertiary alicyclic amines) is 1. The van der Waals surface area contributed by atoms with Crippen molar-refractivity contribution in [1.82, 2.24) is 20.5 Å². The number of rotatable bonds is 11. The zero-order valence-corrected chi connectivity index (χ0v) is 20.9. The molecule has 2 heterocycles. The lowest BCUT2D eigenvalue weighted by Gasteiger charge is -2.42. The molecule has 3 N–H and O–H groups in total. The summed E-state index contributed by atoms with van der Waals surface area (Å²) >= 11 is 0. The van der Waals surface area contributed by atoms with E-state index < -0.39 is 11.4 Å². The van der Waals surface area contributed by atoms with Gasteiger partial charge in [-0.3, -0.25) is 9.59 Å². The van der Waals surface area contributed by atoms with E-state index in [1.54, 1.807) is 25.4 Å². The fourth-order valence-corrected chi connectivity index (χ4v) is 5.38. The van der Waals surface area contributed by atoms with Crippen LogP contribution < -0.4 is 15.4 Å². The lowest BCUT2D eigenvalue weighted by atomic mass is 9.78. The van der Waals surface area contributed by atoms with Crippen LogP contribution in [-0.2, 0) is 4.79 Å². The molecular weight excluding hydrogens is 456 g/mol. The van der Waals surface area contributed by atoms with Crippen LogP contribution in [0, 0.1) is 10.8 Å². The molecule has 1 aromatic heterocycles. The maximum atomic E-state index is 11.8. The van der Waals surface area contributed by atoms with Crippen LogP contribution in [0.5, 0.6) is 5.75 Å². The summed E-state index contributed by atoms with van der Waals surface area (Å²) in [5, 5.41) is 16.0. The standard InChI is InChI=1S/C28H36N4O4/c1-29-25(33)23-8-7-21(16-30-23)36-19-27(17-31-24-15-22(24)20-5-3-2-4-6-20)11-13-32(14-12-27)18-28(9-10-28)26(34)35/h2-8,16,22,24,31H,9-15,17-19H2,1H3,(H,29,33)(H,34,35)/t22-,24+/m0/s1. The van der Waals surface area contributed by atoms with Gasteiger partial charge >= 0.3 is 5.97 Å². The second kappa shape index (κ2) is 10.2. The largest absolute Gasteiger partial charge is 0.491 e. The Bertz CT molecular complexity index is 1060. The Labute approximate surface area is 212 Å². The number of hydrogen-bond acceptors (Lipinski definition) is 6. The van der Waals surface area contributed by atoms with Gasteiger partial charge in [0.15, 0.2) is 0 Å². The van der Waals surface area contributed by atoms with E-state index in [0.717, 1.165) is 51.7 Å². The maximum Gasteiger partial charge on any atom is 0.310 e. The maximum absolute atomic E-state index is 11.8. The number of aliphatic carboxylic acids is 1. The molecular formula is C28H36N4O4. The molecule has 3 fully saturated rings. The molecule has 2 atom stereocenters. The van der Waals surface area contributed by atoms with Gasteiger partial charge in [0, 0.05) is 37.5 Å². The van der Waals surface area contributed by atoms with E-state index in [9.17, 15) is 14.7 Å². The minimum absolute atomic E-state index is 0.0419. The number of amides is 1. The molecule has 2 aliphatic carbocycles. The van der Waals surface area contributed by atoms with Crippen molar-refractivity contribution in [3.8, 4) is 5.75 Å². The summed E-state index contributed by atoms with van der Waals surface area (Å²) in [5.74, 6) is 0.344. The van der Waals surface area contributed by atoms with Crippen molar-refractivity contribution in [2.75, 3.05) is 39.8 Å². The number of aromatic nitrogens is 1. The smallest absolute Gasteiger partial charge is 0.310 e. The molecule has 0 radical (unpaired) electrons. The summed E-state index contributed by atoms with van der Waals surface area (Å²) in [6, 6.07) is 14.6. The minimum atomic E-state index is -0.655. The van der Waals surface area contributed by atoms with Gasteiger partial charge in [-0.15, -0.1) is 0 Å². The number of carboxylic acids is 1. The summed E-state index contributed by atoms with van der Waals surface area (Å²) in [5.41, 5.74) is 1.19. The average molecular weight is 493 g/mol. The van der Waals surface area contributed by atoms with E-state index in [1.807, 2.05) is 0 Å². The molecule has 0 unspecified atom stereocenters. The monoisotopic (exact) mass is 492 g/mol. The number of carboxylic acid groups (broad SMARTS) is 1. The number of pyridine rings is 1. The molecule has 1 aromatic carbocycles. The SMILES string of the molecule is CNC(=O)c1ccc(OCC2(CN[C@@H]3C[C@H]3c3ccccc3)CCN(CC3(C(=O)O)CC3)CC2)cn1. The van der Waals surface area contributed by atoms with Gasteiger partial charge in [-0.25, -0.2) is 4.98 Å². The molecule has 8 nitrogen and oxygen atoms in total. The molecule has 1 aliphatic heterocycles. The van der Waals surface area contributed by atoms with Crippen LogP contribution in [0.15, 0.2) is 48.7 Å². The van der Waals surface area contributed by atoms with Crippen LogP contribution in [0.3, 0.4) is 0 Å². The average Bonchev–Trinajstić information content (AvgIpc) is 3.84. The summed E-state index contributed by atoms with van der Waals surface area (Å²) in [4.78, 5) is 30.0. The van der Waals surface area contributed by atoms with Gasteiger partial charge in [-0.2, -0.15) is 0 Å². The van der Waals surface area contributed by atoms with E-state index in [0.29, 0.717) is 36.6 Å². The number of ether oxygens (including phenoxy) is 1. The van der Waals surface area contributed by atoms with E-state index in [4.69, 9.17) is 4.74 Å². The van der Waals surface area contributed by atoms with Gasteiger partial charge in [-0.05, 0) is 62.9 Å². The van der Waals surface area contributed by atoms with Crippen LogP contribution in [0.1, 0.15) is 54.1 Å². The lowest BCUT2D eigenvalue weighted by molar-refractivity contribution is -0.144. The first-order valence-corrected chi connectivity index (χ1v) is 13.0. The predicted octanol–water partition coefficient (Wildman–Crippen LogP) is 2.91. The van der Waals surface area contributed by atoms with Crippen LogP contribution in [0.4, 0.5) is 0 Å².